The summed E-state index contributed by atoms with van der Waals surface area (Å²) in [4.78, 5) is 0. The molecule has 146 valence electrons. The van der Waals surface area contributed by atoms with Crippen LogP contribution in [-0.2, 0) is 0 Å². The molecule has 0 unspecified atom stereocenters. The van der Waals surface area contributed by atoms with E-state index < -0.39 is 0 Å². The third kappa shape index (κ3) is 2.68. The predicted molar refractivity (Wildman–Crippen MR) is 112 cm³/mol. The third-order valence-electron chi connectivity index (χ3n) is 9.60. The molecule has 1 aromatic carbocycles. The topological polar surface area (TPSA) is 20.2 Å². The molecule has 4 aliphatic carbocycles. The summed E-state index contributed by atoms with van der Waals surface area (Å²) in [5, 5.41) is 11.3. The van der Waals surface area contributed by atoms with Crippen LogP contribution in [0.15, 0.2) is 35.9 Å². The lowest BCUT2D eigenvalue weighted by molar-refractivity contribution is -0.119. The van der Waals surface area contributed by atoms with Crippen molar-refractivity contribution in [1.29, 1.82) is 0 Å². The van der Waals surface area contributed by atoms with Crippen LogP contribution >= 0.6 is 0 Å². The molecular weight excluding hydrogens is 328 g/mol. The van der Waals surface area contributed by atoms with Crippen LogP contribution in [0.2, 0.25) is 0 Å². The van der Waals surface area contributed by atoms with E-state index in [9.17, 15) is 5.11 Å². The Kier molecular flexibility index (Phi) is 4.31. The monoisotopic (exact) mass is 364 g/mol. The van der Waals surface area contributed by atoms with Gasteiger partial charge in [0.15, 0.2) is 0 Å². The van der Waals surface area contributed by atoms with Gasteiger partial charge in [0.05, 0.1) is 6.10 Å². The molecule has 0 aromatic heterocycles. The van der Waals surface area contributed by atoms with Gasteiger partial charge in [0.25, 0.3) is 0 Å². The van der Waals surface area contributed by atoms with E-state index in [4.69, 9.17) is 0 Å². The van der Waals surface area contributed by atoms with Crippen molar-refractivity contribution in [1.82, 2.24) is 0 Å². The lowest BCUT2D eigenvalue weighted by atomic mass is 9.45. The molecule has 0 spiro atoms. The van der Waals surface area contributed by atoms with Gasteiger partial charge in [-0.3, -0.25) is 0 Å². The summed E-state index contributed by atoms with van der Waals surface area (Å²) in [7, 11) is 0. The van der Waals surface area contributed by atoms with E-state index >= 15 is 0 Å². The number of benzene rings is 1. The number of aliphatic hydroxyl groups excluding tert-OH is 1. The van der Waals surface area contributed by atoms with Crippen LogP contribution < -0.4 is 0 Å². The van der Waals surface area contributed by atoms with Crippen molar-refractivity contribution in [3.05, 3.63) is 41.5 Å². The van der Waals surface area contributed by atoms with Gasteiger partial charge in [-0.1, -0.05) is 63.1 Å². The molecule has 0 bridgehead atoms. The number of aliphatic hydroxyl groups is 1. The molecule has 0 heterocycles. The van der Waals surface area contributed by atoms with Gasteiger partial charge in [-0.2, -0.15) is 0 Å². The Labute approximate surface area is 165 Å². The van der Waals surface area contributed by atoms with Gasteiger partial charge >= 0.3 is 0 Å². The average Bonchev–Trinajstić information content (AvgIpc) is 2.93. The zero-order chi connectivity index (χ0) is 18.6. The molecular formula is C26H36O. The first-order chi connectivity index (χ1) is 13.0. The first kappa shape index (κ1) is 18.0. The van der Waals surface area contributed by atoms with Gasteiger partial charge in [0.2, 0.25) is 0 Å². The number of hydrogen-bond acceptors (Lipinski definition) is 1. The summed E-state index contributed by atoms with van der Waals surface area (Å²) in [5.41, 5.74) is 3.22. The van der Waals surface area contributed by atoms with Crippen LogP contribution in [0.1, 0.15) is 77.2 Å². The fourth-order valence-corrected chi connectivity index (χ4v) is 8.06. The summed E-state index contributed by atoms with van der Waals surface area (Å²) in [6.07, 6.45) is 14.4. The van der Waals surface area contributed by atoms with E-state index in [2.05, 4.69) is 50.3 Å². The molecule has 0 saturated heterocycles. The molecule has 4 aliphatic rings. The number of fused-ring (bicyclic) bond motifs is 5. The highest BCUT2D eigenvalue weighted by Gasteiger charge is 2.60. The van der Waals surface area contributed by atoms with Crippen LogP contribution in [0.25, 0.3) is 6.08 Å². The molecule has 7 atom stereocenters. The van der Waals surface area contributed by atoms with Crippen molar-refractivity contribution in [2.24, 2.45) is 34.5 Å². The van der Waals surface area contributed by atoms with Gasteiger partial charge in [0, 0.05) is 5.41 Å². The maximum atomic E-state index is 11.3. The zero-order valence-corrected chi connectivity index (χ0v) is 17.2. The molecule has 27 heavy (non-hydrogen) atoms. The van der Waals surface area contributed by atoms with E-state index in [-0.39, 0.29) is 11.5 Å². The number of rotatable bonds is 1. The fraction of sp³-hybridized carbons (Fsp3) is 0.692. The Morgan fingerprint density at radius 2 is 1.70 bits per heavy atom. The van der Waals surface area contributed by atoms with E-state index in [0.29, 0.717) is 11.3 Å². The summed E-state index contributed by atoms with van der Waals surface area (Å²) in [5.74, 6) is 3.39. The van der Waals surface area contributed by atoms with Gasteiger partial charge in [-0.15, -0.1) is 0 Å². The second-order valence-electron chi connectivity index (χ2n) is 10.7. The summed E-state index contributed by atoms with van der Waals surface area (Å²) in [6.45, 7) is 5.04. The van der Waals surface area contributed by atoms with Crippen LogP contribution in [0, 0.1) is 34.5 Å². The number of hydrogen-bond donors (Lipinski definition) is 1. The lowest BCUT2D eigenvalue weighted by Gasteiger charge is -2.60. The van der Waals surface area contributed by atoms with E-state index in [1.165, 1.54) is 62.5 Å². The minimum absolute atomic E-state index is 0.0969. The Hall–Kier alpha value is -1.08. The molecule has 4 saturated carbocycles. The van der Waals surface area contributed by atoms with Crippen LogP contribution in [0.4, 0.5) is 0 Å². The lowest BCUT2D eigenvalue weighted by Crippen LogP contribution is -2.53. The first-order valence-electron chi connectivity index (χ1n) is 11.5. The summed E-state index contributed by atoms with van der Waals surface area (Å²) >= 11 is 0. The average molecular weight is 365 g/mol. The highest BCUT2D eigenvalue weighted by molar-refractivity contribution is 5.55. The Morgan fingerprint density at radius 3 is 2.52 bits per heavy atom. The summed E-state index contributed by atoms with van der Waals surface area (Å²) < 4.78 is 0. The van der Waals surface area contributed by atoms with Crippen molar-refractivity contribution in [2.45, 2.75) is 77.7 Å². The largest absolute Gasteiger partial charge is 0.388 e. The molecule has 1 heteroatoms. The maximum absolute atomic E-state index is 11.3. The second kappa shape index (κ2) is 6.48. The van der Waals surface area contributed by atoms with E-state index in [0.717, 1.165) is 24.2 Å². The highest BCUT2D eigenvalue weighted by atomic mass is 16.3. The van der Waals surface area contributed by atoms with Gasteiger partial charge in [-0.25, -0.2) is 0 Å². The Balaban J connectivity index is 1.46. The molecule has 1 N–H and O–H groups in total. The smallest absolute Gasteiger partial charge is 0.0809 e. The first-order valence-corrected chi connectivity index (χ1v) is 11.5. The zero-order valence-electron chi connectivity index (χ0n) is 17.2. The Bertz CT molecular complexity index is 721. The van der Waals surface area contributed by atoms with Gasteiger partial charge in [-0.05, 0) is 85.2 Å². The predicted octanol–water partition coefficient (Wildman–Crippen LogP) is 6.47. The molecule has 4 fully saturated rings. The SMILES string of the molecule is C[C@]12CCCC[C@@H]1CC[C@@H]1[C@@H]2CC[C@]2(C)[C@H](O)/C(=C/c3ccccc3)C[C@@H]12. The van der Waals surface area contributed by atoms with Crippen molar-refractivity contribution < 1.29 is 5.11 Å². The molecule has 1 nitrogen and oxygen atoms in total. The van der Waals surface area contributed by atoms with Crippen LogP contribution in [-0.4, -0.2) is 11.2 Å². The quantitative estimate of drug-likeness (QED) is 0.605. The van der Waals surface area contributed by atoms with Crippen molar-refractivity contribution >= 4 is 6.08 Å². The van der Waals surface area contributed by atoms with Crippen LogP contribution in [0.5, 0.6) is 0 Å². The third-order valence-corrected chi connectivity index (χ3v) is 9.60. The van der Waals surface area contributed by atoms with Gasteiger partial charge < -0.3 is 5.11 Å². The van der Waals surface area contributed by atoms with Crippen molar-refractivity contribution in [2.75, 3.05) is 0 Å². The van der Waals surface area contributed by atoms with Crippen LogP contribution in [0.3, 0.4) is 0 Å². The summed E-state index contributed by atoms with van der Waals surface area (Å²) in [6, 6.07) is 10.6. The second-order valence-corrected chi connectivity index (χ2v) is 10.7. The molecule has 0 aliphatic heterocycles. The van der Waals surface area contributed by atoms with Gasteiger partial charge in [0.1, 0.15) is 0 Å². The normalized spacial score (nSPS) is 48.0. The molecule has 5 rings (SSSR count). The maximum Gasteiger partial charge on any atom is 0.0809 e. The minimum atomic E-state index is -0.249. The highest BCUT2D eigenvalue weighted by Crippen LogP contribution is 2.67. The molecule has 0 amide bonds. The standard InChI is InChI=1S/C26H36O/c1-25-14-7-6-10-20(25)11-12-21-22(25)13-15-26(2)23(21)17-19(24(26)27)16-18-8-4-3-5-9-18/h3-5,8-9,16,20-24,27H,6-7,10-15,17H2,1-2H3/b19-16+/t20-,21-,22+,23+,24-,25+,26+/m1/s1. The van der Waals surface area contributed by atoms with Crippen molar-refractivity contribution in [3.63, 3.8) is 0 Å². The van der Waals surface area contributed by atoms with E-state index in [1.54, 1.807) is 0 Å². The minimum Gasteiger partial charge on any atom is -0.388 e. The fourth-order valence-electron chi connectivity index (χ4n) is 8.06. The Morgan fingerprint density at radius 1 is 0.889 bits per heavy atom. The van der Waals surface area contributed by atoms with Crippen molar-refractivity contribution in [3.8, 4) is 0 Å². The molecule has 1 aromatic rings. The molecule has 0 radical (unpaired) electrons. The van der Waals surface area contributed by atoms with E-state index in [1.807, 2.05) is 0 Å².